The summed E-state index contributed by atoms with van der Waals surface area (Å²) in [5, 5.41) is 15.2. The molecule has 0 aromatic carbocycles. The van der Waals surface area contributed by atoms with Crippen molar-refractivity contribution in [3.05, 3.63) is 12.7 Å². The van der Waals surface area contributed by atoms with Gasteiger partial charge in [0.1, 0.15) is 0 Å². The molecule has 0 saturated carbocycles. The predicted octanol–water partition coefficient (Wildman–Crippen LogP) is 0.00560. The normalized spacial score (nSPS) is 9.47. The molecule has 0 spiro atoms. The molecule has 0 rings (SSSR count). The van der Waals surface area contributed by atoms with Crippen LogP contribution in [0.5, 0.6) is 0 Å². The van der Waals surface area contributed by atoms with E-state index < -0.39 is 10.4 Å². The van der Waals surface area contributed by atoms with Crippen molar-refractivity contribution in [2.75, 3.05) is 33.0 Å². The highest BCUT2D eigenvalue weighted by Gasteiger charge is 1.99. The zero-order valence-electron chi connectivity index (χ0n) is 10.2. The third-order valence-electron chi connectivity index (χ3n) is 0.843. The van der Waals surface area contributed by atoms with Gasteiger partial charge in [-0.2, -0.15) is 8.42 Å². The largest absolute Gasteiger partial charge is 0.397 e. The van der Waals surface area contributed by atoms with Crippen LogP contribution in [0.3, 0.4) is 0 Å². The van der Waals surface area contributed by atoms with E-state index in [0.29, 0.717) is 0 Å². The molecule has 0 bridgehead atoms. The summed E-state index contributed by atoms with van der Waals surface area (Å²) in [6.07, 6.45) is 1.22. The summed E-state index contributed by atoms with van der Waals surface area (Å²) in [5.41, 5.74) is 0. The second-order valence-electron chi connectivity index (χ2n) is 2.23. The first kappa shape index (κ1) is 21.7. The molecular weight excluding hydrogens is 252 g/mol. The van der Waals surface area contributed by atoms with E-state index in [0.717, 1.165) is 13.2 Å². The van der Waals surface area contributed by atoms with Gasteiger partial charge in [-0.25, -0.2) is 4.18 Å². The fourth-order valence-corrected chi connectivity index (χ4v) is 0.606. The van der Waals surface area contributed by atoms with Crippen molar-refractivity contribution >= 4 is 10.4 Å². The molecule has 0 amide bonds. The average Bonchev–Trinajstić information content (AvgIpc) is 2.28. The smallest absolute Gasteiger partial charge is 0.394 e. The molecule has 0 radical (unpaired) electrons. The highest BCUT2D eigenvalue weighted by molar-refractivity contribution is 7.80. The second-order valence-corrected chi connectivity index (χ2v) is 3.32. The predicted molar refractivity (Wildman–Crippen MR) is 64.0 cm³/mol. The second kappa shape index (κ2) is 17.9. The molecule has 0 atom stereocenters. The first-order valence-electron chi connectivity index (χ1n) is 4.91. The summed E-state index contributed by atoms with van der Waals surface area (Å²) in [5.74, 6) is 0. The fraction of sp³-hybridized carbons (Fsp3) is 0.778. The maximum absolute atomic E-state index is 9.68. The third kappa shape index (κ3) is 50.2. The van der Waals surface area contributed by atoms with Gasteiger partial charge in [-0.3, -0.25) is 4.55 Å². The van der Waals surface area contributed by atoms with E-state index in [9.17, 15) is 8.42 Å². The summed E-state index contributed by atoms with van der Waals surface area (Å²) in [4.78, 5) is 0. The molecule has 0 aliphatic carbocycles. The molecule has 106 valence electrons. The first-order chi connectivity index (χ1) is 7.89. The number of aliphatic hydroxyl groups excluding tert-OH is 2. The van der Waals surface area contributed by atoms with Crippen LogP contribution in [0.25, 0.3) is 0 Å². The lowest BCUT2D eigenvalue weighted by molar-refractivity contribution is 0.162. The molecule has 3 N–H and O–H groups in total. The SMILES string of the molecule is C=CCOS(=O)(=O)O.CCOCC.OCCO. The molecule has 7 nitrogen and oxygen atoms in total. The van der Waals surface area contributed by atoms with Crippen LogP contribution in [0.15, 0.2) is 12.7 Å². The Morgan fingerprint density at radius 1 is 1.18 bits per heavy atom. The van der Waals surface area contributed by atoms with Crippen LogP contribution in [0, 0.1) is 0 Å². The molecular formula is C9H22O7S. The van der Waals surface area contributed by atoms with Crippen molar-refractivity contribution in [1.29, 1.82) is 0 Å². The molecule has 17 heavy (non-hydrogen) atoms. The van der Waals surface area contributed by atoms with Gasteiger partial charge in [0, 0.05) is 13.2 Å². The number of aliphatic hydroxyl groups is 2. The maximum Gasteiger partial charge on any atom is 0.397 e. The molecule has 0 aromatic heterocycles. The minimum atomic E-state index is -4.26. The Hall–Kier alpha value is -0.510. The Balaban J connectivity index is -0.000000188. The lowest BCUT2D eigenvalue weighted by Gasteiger charge is -1.90. The van der Waals surface area contributed by atoms with Crippen molar-refractivity contribution < 1.29 is 32.1 Å². The minimum Gasteiger partial charge on any atom is -0.394 e. The summed E-state index contributed by atoms with van der Waals surface area (Å²) >= 11 is 0. The van der Waals surface area contributed by atoms with Gasteiger partial charge in [0.05, 0.1) is 19.8 Å². The number of hydrogen-bond acceptors (Lipinski definition) is 6. The van der Waals surface area contributed by atoms with Crippen LogP contribution < -0.4 is 0 Å². The molecule has 0 aliphatic rings. The van der Waals surface area contributed by atoms with Gasteiger partial charge < -0.3 is 14.9 Å². The molecule has 0 aliphatic heterocycles. The fourth-order valence-electron chi connectivity index (χ4n) is 0.338. The van der Waals surface area contributed by atoms with Crippen LogP contribution >= 0.6 is 0 Å². The van der Waals surface area contributed by atoms with Gasteiger partial charge in [-0.15, -0.1) is 6.58 Å². The first-order valence-corrected chi connectivity index (χ1v) is 6.28. The average molecular weight is 274 g/mol. The Morgan fingerprint density at radius 3 is 1.65 bits per heavy atom. The van der Waals surface area contributed by atoms with Gasteiger partial charge in [-0.05, 0) is 13.8 Å². The third-order valence-corrected chi connectivity index (χ3v) is 1.28. The molecule has 0 unspecified atom stereocenters. The summed E-state index contributed by atoms with van der Waals surface area (Å²) in [6.45, 7) is 8.38. The van der Waals surface area contributed by atoms with Crippen LogP contribution in [-0.2, 0) is 19.3 Å². The van der Waals surface area contributed by atoms with Gasteiger partial charge >= 0.3 is 10.4 Å². The van der Waals surface area contributed by atoms with Crippen LogP contribution in [0.1, 0.15) is 13.8 Å². The van der Waals surface area contributed by atoms with E-state index >= 15 is 0 Å². The number of rotatable bonds is 6. The van der Waals surface area contributed by atoms with Gasteiger partial charge in [0.25, 0.3) is 0 Å². The quantitative estimate of drug-likeness (QED) is 0.461. The molecule has 0 saturated heterocycles. The van der Waals surface area contributed by atoms with Gasteiger partial charge in [0.2, 0.25) is 0 Å². The van der Waals surface area contributed by atoms with E-state index in [4.69, 9.17) is 19.5 Å². The zero-order valence-corrected chi connectivity index (χ0v) is 11.0. The van der Waals surface area contributed by atoms with Crippen molar-refractivity contribution in [3.8, 4) is 0 Å². The summed E-state index contributed by atoms with van der Waals surface area (Å²) in [6, 6.07) is 0. The summed E-state index contributed by atoms with van der Waals surface area (Å²) in [7, 11) is -4.26. The van der Waals surface area contributed by atoms with Crippen molar-refractivity contribution in [3.63, 3.8) is 0 Å². The van der Waals surface area contributed by atoms with Crippen molar-refractivity contribution in [2.45, 2.75) is 13.8 Å². The van der Waals surface area contributed by atoms with Crippen molar-refractivity contribution in [2.24, 2.45) is 0 Å². The molecule has 0 heterocycles. The van der Waals surface area contributed by atoms with E-state index in [-0.39, 0.29) is 19.8 Å². The van der Waals surface area contributed by atoms with Crippen molar-refractivity contribution in [1.82, 2.24) is 0 Å². The van der Waals surface area contributed by atoms with Crippen LogP contribution in [0.4, 0.5) is 0 Å². The number of hydrogen-bond donors (Lipinski definition) is 3. The van der Waals surface area contributed by atoms with E-state index in [1.807, 2.05) is 13.8 Å². The molecule has 0 aromatic rings. The lowest BCUT2D eigenvalue weighted by atomic mass is 10.7. The van der Waals surface area contributed by atoms with Gasteiger partial charge in [-0.1, -0.05) is 6.08 Å². The molecule has 8 heteroatoms. The standard InChI is InChI=1S/C4H10O.C3H6O4S.C2H6O2/c1-3-5-4-2;1-2-3-7-8(4,5)6;3-1-2-4/h3-4H2,1-2H3;2H,1,3H2,(H,4,5,6);3-4H,1-2H2. The molecule has 0 fully saturated rings. The zero-order chi connectivity index (χ0) is 14.2. The Labute approximate surface area is 103 Å². The van der Waals surface area contributed by atoms with Crippen LogP contribution in [0.2, 0.25) is 0 Å². The van der Waals surface area contributed by atoms with Crippen LogP contribution in [-0.4, -0.2) is 56.2 Å². The number of ether oxygens (including phenoxy) is 1. The Kier molecular flexibility index (Phi) is 22.9. The summed E-state index contributed by atoms with van der Waals surface area (Å²) < 4.78 is 35.8. The maximum atomic E-state index is 9.68. The minimum absolute atomic E-state index is 0.125. The highest BCUT2D eigenvalue weighted by Crippen LogP contribution is 1.83. The topological polar surface area (TPSA) is 113 Å². The highest BCUT2D eigenvalue weighted by atomic mass is 32.3. The monoisotopic (exact) mass is 274 g/mol. The lowest BCUT2D eigenvalue weighted by Crippen LogP contribution is -2.02. The van der Waals surface area contributed by atoms with E-state index in [1.165, 1.54) is 6.08 Å². The van der Waals surface area contributed by atoms with E-state index in [1.54, 1.807) is 0 Å². The Morgan fingerprint density at radius 2 is 1.59 bits per heavy atom. The van der Waals surface area contributed by atoms with Gasteiger partial charge in [0.15, 0.2) is 0 Å². The Bertz CT molecular complexity index is 221. The van der Waals surface area contributed by atoms with E-state index in [2.05, 4.69) is 10.8 Å².